The fraction of sp³-hybridized carbons (Fsp3) is 0.125. The number of fused-ring (bicyclic) bond motifs is 1. The van der Waals surface area contributed by atoms with Crippen LogP contribution in [0.2, 0.25) is 0 Å². The minimum Gasteiger partial charge on any atom is -0.508 e. The van der Waals surface area contributed by atoms with Gasteiger partial charge in [-0.15, -0.1) is 0 Å². The van der Waals surface area contributed by atoms with Crippen LogP contribution in [-0.2, 0) is 6.54 Å². The first-order chi connectivity index (χ1) is 10.7. The molecular weight excluding hydrogens is 280 g/mol. The Morgan fingerprint density at radius 1 is 1.14 bits per heavy atom. The quantitative estimate of drug-likeness (QED) is 0.648. The fourth-order valence-corrected chi connectivity index (χ4v) is 2.24. The van der Waals surface area contributed by atoms with Crippen LogP contribution >= 0.6 is 0 Å². The Morgan fingerprint density at radius 3 is 2.55 bits per heavy atom. The molecule has 2 aromatic carbocycles. The number of rotatable bonds is 3. The highest BCUT2D eigenvalue weighted by Crippen LogP contribution is 2.19. The summed E-state index contributed by atoms with van der Waals surface area (Å²) < 4.78 is 1.87. The number of carbonyl (C=O) groups excluding carboxylic acids is 1. The summed E-state index contributed by atoms with van der Waals surface area (Å²) in [6, 6.07) is 11.6. The van der Waals surface area contributed by atoms with E-state index in [0.717, 1.165) is 17.4 Å². The third kappa shape index (κ3) is 2.85. The van der Waals surface area contributed by atoms with Crippen molar-refractivity contribution in [1.29, 1.82) is 0 Å². The van der Waals surface area contributed by atoms with Crippen LogP contribution in [0.3, 0.4) is 0 Å². The van der Waals surface area contributed by atoms with E-state index < -0.39 is 0 Å². The molecule has 0 saturated carbocycles. The van der Waals surface area contributed by atoms with Crippen molar-refractivity contribution in [3.8, 4) is 5.75 Å². The van der Waals surface area contributed by atoms with Crippen molar-refractivity contribution in [2.45, 2.75) is 13.5 Å². The van der Waals surface area contributed by atoms with Crippen molar-refractivity contribution >= 4 is 28.3 Å². The van der Waals surface area contributed by atoms with Gasteiger partial charge in [0.1, 0.15) is 5.75 Å². The van der Waals surface area contributed by atoms with Gasteiger partial charge in [0.15, 0.2) is 0 Å². The Morgan fingerprint density at radius 2 is 1.82 bits per heavy atom. The SMILES string of the molecule is CCn1ncc2ccc(NC(=O)Nc3ccc(O)cc3)cc21. The molecule has 0 fully saturated rings. The van der Waals surface area contributed by atoms with Crippen LogP contribution in [0.25, 0.3) is 10.9 Å². The Bertz CT molecular complexity index is 809. The second kappa shape index (κ2) is 5.77. The number of carbonyl (C=O) groups is 1. The van der Waals surface area contributed by atoms with E-state index in [1.54, 1.807) is 18.3 Å². The standard InChI is InChI=1S/C16H16N4O2/c1-2-20-15-9-13(4-3-11(15)10-17-20)19-16(22)18-12-5-7-14(21)8-6-12/h3-10,21H,2H2,1H3,(H2,18,19,22). The number of nitrogens with zero attached hydrogens (tertiary/aromatic N) is 2. The molecule has 0 saturated heterocycles. The number of aryl methyl sites for hydroxylation is 1. The molecule has 22 heavy (non-hydrogen) atoms. The van der Waals surface area contributed by atoms with Gasteiger partial charge >= 0.3 is 6.03 Å². The summed E-state index contributed by atoms with van der Waals surface area (Å²) in [5.41, 5.74) is 2.28. The topological polar surface area (TPSA) is 79.2 Å². The van der Waals surface area contributed by atoms with Crippen molar-refractivity contribution in [3.63, 3.8) is 0 Å². The first-order valence-electron chi connectivity index (χ1n) is 6.98. The number of aromatic hydroxyl groups is 1. The predicted octanol–water partition coefficient (Wildman–Crippen LogP) is 3.41. The van der Waals surface area contributed by atoms with Crippen LogP contribution in [0.5, 0.6) is 5.75 Å². The molecule has 6 nitrogen and oxygen atoms in total. The maximum atomic E-state index is 12.0. The molecule has 2 amide bonds. The molecule has 3 rings (SSSR count). The van der Waals surface area contributed by atoms with Crippen molar-refractivity contribution in [1.82, 2.24) is 9.78 Å². The molecule has 0 radical (unpaired) electrons. The van der Waals surface area contributed by atoms with Gasteiger partial charge in [0.2, 0.25) is 0 Å². The van der Waals surface area contributed by atoms with Gasteiger partial charge < -0.3 is 15.7 Å². The second-order valence-corrected chi connectivity index (χ2v) is 4.86. The summed E-state index contributed by atoms with van der Waals surface area (Å²) in [5.74, 6) is 0.157. The van der Waals surface area contributed by atoms with Crippen LogP contribution in [0, 0.1) is 0 Å². The third-order valence-corrected chi connectivity index (χ3v) is 3.33. The Labute approximate surface area is 127 Å². The van der Waals surface area contributed by atoms with E-state index in [2.05, 4.69) is 15.7 Å². The highest BCUT2D eigenvalue weighted by atomic mass is 16.3. The molecule has 6 heteroatoms. The normalized spacial score (nSPS) is 10.6. The minimum atomic E-state index is -0.340. The Hall–Kier alpha value is -3.02. The minimum absolute atomic E-state index is 0.157. The van der Waals surface area contributed by atoms with E-state index >= 15 is 0 Å². The lowest BCUT2D eigenvalue weighted by Gasteiger charge is -2.08. The largest absolute Gasteiger partial charge is 0.508 e. The Kier molecular flexibility index (Phi) is 3.65. The predicted molar refractivity (Wildman–Crippen MR) is 86.2 cm³/mol. The smallest absolute Gasteiger partial charge is 0.323 e. The number of phenolic OH excluding ortho intramolecular Hbond substituents is 1. The zero-order valence-corrected chi connectivity index (χ0v) is 12.1. The van der Waals surface area contributed by atoms with Crippen LogP contribution in [0.1, 0.15) is 6.92 Å². The van der Waals surface area contributed by atoms with E-state index in [1.807, 2.05) is 29.8 Å². The number of nitrogens with one attached hydrogen (secondary N) is 2. The van der Waals surface area contributed by atoms with Gasteiger partial charge in [-0.25, -0.2) is 4.79 Å². The lowest BCUT2D eigenvalue weighted by atomic mass is 10.2. The van der Waals surface area contributed by atoms with Gasteiger partial charge in [0.25, 0.3) is 0 Å². The van der Waals surface area contributed by atoms with E-state index in [1.165, 1.54) is 12.1 Å². The lowest BCUT2D eigenvalue weighted by molar-refractivity contribution is 0.262. The zero-order chi connectivity index (χ0) is 15.5. The molecular formula is C16H16N4O2. The number of hydrogen-bond acceptors (Lipinski definition) is 3. The zero-order valence-electron chi connectivity index (χ0n) is 12.1. The van der Waals surface area contributed by atoms with Crippen LogP contribution in [-0.4, -0.2) is 20.9 Å². The van der Waals surface area contributed by atoms with E-state index in [-0.39, 0.29) is 11.8 Å². The molecule has 0 aliphatic rings. The molecule has 0 spiro atoms. The van der Waals surface area contributed by atoms with Gasteiger partial charge in [-0.3, -0.25) is 4.68 Å². The molecule has 3 N–H and O–H groups in total. The average Bonchev–Trinajstić information content (AvgIpc) is 2.92. The highest BCUT2D eigenvalue weighted by molar-refractivity contribution is 6.00. The monoisotopic (exact) mass is 296 g/mol. The second-order valence-electron chi connectivity index (χ2n) is 4.86. The molecule has 0 aliphatic carbocycles. The average molecular weight is 296 g/mol. The van der Waals surface area contributed by atoms with Crippen LogP contribution in [0.4, 0.5) is 16.2 Å². The fourth-order valence-electron chi connectivity index (χ4n) is 2.24. The number of urea groups is 1. The van der Waals surface area contributed by atoms with E-state index in [0.29, 0.717) is 11.4 Å². The number of hydrogen-bond donors (Lipinski definition) is 3. The van der Waals surface area contributed by atoms with Gasteiger partial charge in [0, 0.05) is 23.3 Å². The van der Waals surface area contributed by atoms with Crippen LogP contribution < -0.4 is 10.6 Å². The number of phenols is 1. The number of anilines is 2. The first-order valence-corrected chi connectivity index (χ1v) is 6.98. The molecule has 112 valence electrons. The van der Waals surface area contributed by atoms with Crippen LogP contribution in [0.15, 0.2) is 48.7 Å². The summed E-state index contributed by atoms with van der Waals surface area (Å²) >= 11 is 0. The number of amides is 2. The van der Waals surface area contributed by atoms with E-state index in [4.69, 9.17) is 0 Å². The molecule has 1 aromatic heterocycles. The van der Waals surface area contributed by atoms with Crippen molar-refractivity contribution in [2.24, 2.45) is 0 Å². The third-order valence-electron chi connectivity index (χ3n) is 3.33. The lowest BCUT2D eigenvalue weighted by Crippen LogP contribution is -2.19. The van der Waals surface area contributed by atoms with Gasteiger partial charge in [-0.2, -0.15) is 5.10 Å². The summed E-state index contributed by atoms with van der Waals surface area (Å²) in [5, 5.41) is 20.0. The molecule has 0 bridgehead atoms. The van der Waals surface area contributed by atoms with Gasteiger partial charge in [-0.1, -0.05) is 0 Å². The number of aromatic nitrogens is 2. The van der Waals surface area contributed by atoms with Crippen molar-refractivity contribution in [2.75, 3.05) is 10.6 Å². The molecule has 0 atom stereocenters. The maximum absolute atomic E-state index is 12.0. The molecule has 3 aromatic rings. The first kappa shape index (κ1) is 13.9. The molecule has 0 aliphatic heterocycles. The summed E-state index contributed by atoms with van der Waals surface area (Å²) in [4.78, 5) is 12.0. The maximum Gasteiger partial charge on any atom is 0.323 e. The molecule has 1 heterocycles. The van der Waals surface area contributed by atoms with E-state index in [9.17, 15) is 9.90 Å². The summed E-state index contributed by atoms with van der Waals surface area (Å²) in [6.07, 6.45) is 1.80. The summed E-state index contributed by atoms with van der Waals surface area (Å²) in [6.45, 7) is 2.79. The summed E-state index contributed by atoms with van der Waals surface area (Å²) in [7, 11) is 0. The van der Waals surface area contributed by atoms with Gasteiger partial charge in [0.05, 0.1) is 11.7 Å². The Balaban J connectivity index is 1.74. The van der Waals surface area contributed by atoms with Gasteiger partial charge in [-0.05, 0) is 49.4 Å². The highest BCUT2D eigenvalue weighted by Gasteiger charge is 2.06. The number of benzene rings is 2. The van der Waals surface area contributed by atoms with Crippen molar-refractivity contribution in [3.05, 3.63) is 48.7 Å². The van der Waals surface area contributed by atoms with Crippen molar-refractivity contribution < 1.29 is 9.90 Å². The molecule has 0 unspecified atom stereocenters.